The van der Waals surface area contributed by atoms with Crippen molar-refractivity contribution in [2.24, 2.45) is 0 Å². The Morgan fingerprint density at radius 3 is 2.75 bits per heavy atom. The van der Waals surface area contributed by atoms with E-state index in [1.54, 1.807) is 0 Å². The highest BCUT2D eigenvalue weighted by atomic mass is 13.9. The first kappa shape index (κ1) is 5.68. The van der Waals surface area contributed by atoms with Gasteiger partial charge in [0.25, 0.3) is 0 Å². The number of hydrogen-bond donors (Lipinski definition) is 0. The second-order valence-corrected chi connectivity index (χ2v) is 2.05. The Morgan fingerprint density at radius 1 is 1.50 bits per heavy atom. The van der Waals surface area contributed by atoms with E-state index in [9.17, 15) is 0 Å². The van der Waals surface area contributed by atoms with Crippen molar-refractivity contribution in [2.45, 2.75) is 19.1 Å². The number of hydrogen-bond acceptors (Lipinski definition) is 0. The van der Waals surface area contributed by atoms with E-state index < -0.39 is 0 Å². The fourth-order valence-corrected chi connectivity index (χ4v) is 0.847. The molecule has 0 amide bonds. The van der Waals surface area contributed by atoms with Crippen molar-refractivity contribution < 1.29 is 0 Å². The van der Waals surface area contributed by atoms with Crippen LogP contribution >= 0.6 is 0 Å². The zero-order chi connectivity index (χ0) is 5.82. The molecule has 0 heterocycles. The zero-order valence-corrected chi connectivity index (χ0v) is 5.17. The van der Waals surface area contributed by atoms with Gasteiger partial charge in [-0.25, -0.2) is 0 Å². The molecule has 41 valence electrons. The van der Waals surface area contributed by atoms with E-state index in [2.05, 4.69) is 38.4 Å². The lowest BCUT2D eigenvalue weighted by Crippen LogP contribution is -1.95. The maximum atomic E-state index is 2.22. The summed E-state index contributed by atoms with van der Waals surface area (Å²) in [6.07, 6.45) is 9.81. The molecular formula is C7H10B. The summed E-state index contributed by atoms with van der Waals surface area (Å²) in [7, 11) is 2.22. The van der Waals surface area contributed by atoms with Gasteiger partial charge >= 0.3 is 0 Å². The van der Waals surface area contributed by atoms with Crippen molar-refractivity contribution in [1.29, 1.82) is 0 Å². The summed E-state index contributed by atoms with van der Waals surface area (Å²) in [6.45, 7) is 2.11. The van der Waals surface area contributed by atoms with Crippen LogP contribution in [0.3, 0.4) is 0 Å². The summed E-state index contributed by atoms with van der Waals surface area (Å²) >= 11 is 0. The average Bonchev–Trinajstić information content (AvgIpc) is 1.90. The Bertz CT molecular complexity index is 114. The molecule has 1 radical (unpaired) electrons. The zero-order valence-electron chi connectivity index (χ0n) is 5.17. The highest BCUT2D eigenvalue weighted by molar-refractivity contribution is 6.36. The van der Waals surface area contributed by atoms with Gasteiger partial charge in [-0.05, 0) is 12.2 Å². The summed E-state index contributed by atoms with van der Waals surface area (Å²) in [5.41, 5.74) is 0. The number of rotatable bonds is 1. The molecule has 1 atom stereocenters. The van der Waals surface area contributed by atoms with Crippen LogP contribution in [0, 0.1) is 0 Å². The molecule has 0 nitrogen and oxygen atoms in total. The van der Waals surface area contributed by atoms with E-state index in [-0.39, 0.29) is 0 Å². The Hall–Kier alpha value is -0.455. The van der Waals surface area contributed by atoms with Crippen LogP contribution in [0.1, 0.15) is 6.42 Å². The minimum atomic E-state index is 0.694. The SMILES string of the molecule is C[B]C1C=CC=CC1. The quantitative estimate of drug-likeness (QED) is 0.447. The van der Waals surface area contributed by atoms with Gasteiger partial charge in [-0.1, -0.05) is 31.1 Å². The fourth-order valence-electron chi connectivity index (χ4n) is 0.847. The van der Waals surface area contributed by atoms with Crippen molar-refractivity contribution in [2.75, 3.05) is 0 Å². The molecule has 0 bridgehead atoms. The molecule has 0 spiro atoms. The molecule has 1 unspecified atom stereocenters. The maximum absolute atomic E-state index is 2.22. The molecule has 1 heteroatoms. The first-order chi connectivity index (χ1) is 3.93. The normalized spacial score (nSPS) is 25.9. The molecule has 0 fully saturated rings. The molecule has 1 rings (SSSR count). The minimum absolute atomic E-state index is 0.694. The minimum Gasteiger partial charge on any atom is -0.0914 e. The largest absolute Gasteiger partial charge is 0.115 e. The Balaban J connectivity index is 2.40. The third-order valence-corrected chi connectivity index (χ3v) is 1.44. The second-order valence-electron chi connectivity index (χ2n) is 2.05. The third kappa shape index (κ3) is 1.26. The van der Waals surface area contributed by atoms with E-state index in [0.717, 1.165) is 0 Å². The molecule has 8 heavy (non-hydrogen) atoms. The van der Waals surface area contributed by atoms with Crippen LogP contribution in [-0.4, -0.2) is 7.28 Å². The summed E-state index contributed by atoms with van der Waals surface area (Å²) < 4.78 is 0. The summed E-state index contributed by atoms with van der Waals surface area (Å²) in [5, 5.41) is 0. The van der Waals surface area contributed by atoms with Crippen molar-refractivity contribution in [3.8, 4) is 0 Å². The van der Waals surface area contributed by atoms with Crippen LogP contribution in [0.25, 0.3) is 0 Å². The predicted octanol–water partition coefficient (Wildman–Crippen LogP) is 2.04. The summed E-state index contributed by atoms with van der Waals surface area (Å²) in [5.74, 6) is 0.694. The summed E-state index contributed by atoms with van der Waals surface area (Å²) in [4.78, 5) is 0. The van der Waals surface area contributed by atoms with Crippen molar-refractivity contribution >= 4 is 7.28 Å². The van der Waals surface area contributed by atoms with E-state index in [1.165, 1.54) is 6.42 Å². The third-order valence-electron chi connectivity index (χ3n) is 1.44. The van der Waals surface area contributed by atoms with Crippen molar-refractivity contribution in [3.63, 3.8) is 0 Å². The molecule has 0 aromatic heterocycles. The number of allylic oxidation sites excluding steroid dienone is 4. The van der Waals surface area contributed by atoms with Gasteiger partial charge in [0.05, 0.1) is 0 Å². The lowest BCUT2D eigenvalue weighted by atomic mass is 9.64. The smallest absolute Gasteiger partial charge is 0.0914 e. The standard InChI is InChI=1S/C7H10B/c1-8-7-5-3-2-4-6-7/h2-5,7H,6H2,1H3. The van der Waals surface area contributed by atoms with Crippen LogP contribution in [0.4, 0.5) is 0 Å². The van der Waals surface area contributed by atoms with Crippen LogP contribution in [-0.2, 0) is 0 Å². The Labute approximate surface area is 51.5 Å². The van der Waals surface area contributed by atoms with Gasteiger partial charge < -0.3 is 0 Å². The van der Waals surface area contributed by atoms with Gasteiger partial charge in [-0.2, -0.15) is 0 Å². The van der Waals surface area contributed by atoms with Crippen molar-refractivity contribution in [3.05, 3.63) is 24.3 Å². The monoisotopic (exact) mass is 105 g/mol. The lowest BCUT2D eigenvalue weighted by molar-refractivity contribution is 1.02. The second kappa shape index (κ2) is 2.76. The van der Waals surface area contributed by atoms with E-state index in [0.29, 0.717) is 5.82 Å². The molecule has 1 aliphatic carbocycles. The Kier molecular flexibility index (Phi) is 1.96. The molecule has 0 saturated carbocycles. The first-order valence-corrected chi connectivity index (χ1v) is 3.06. The molecule has 0 aliphatic heterocycles. The van der Waals surface area contributed by atoms with Gasteiger partial charge in [0, 0.05) is 0 Å². The van der Waals surface area contributed by atoms with Gasteiger partial charge in [0.1, 0.15) is 7.28 Å². The topological polar surface area (TPSA) is 0 Å². The van der Waals surface area contributed by atoms with Crippen molar-refractivity contribution in [1.82, 2.24) is 0 Å². The average molecular weight is 105 g/mol. The molecule has 0 N–H and O–H groups in total. The highest BCUT2D eigenvalue weighted by Gasteiger charge is 2.00. The van der Waals surface area contributed by atoms with Crippen LogP contribution < -0.4 is 0 Å². The van der Waals surface area contributed by atoms with E-state index in [1.807, 2.05) is 0 Å². The molecule has 0 aromatic carbocycles. The summed E-state index contributed by atoms with van der Waals surface area (Å²) in [6, 6.07) is 0. The fraction of sp³-hybridized carbons (Fsp3) is 0.429. The van der Waals surface area contributed by atoms with Crippen LogP contribution in [0.15, 0.2) is 24.3 Å². The van der Waals surface area contributed by atoms with Crippen LogP contribution in [0.2, 0.25) is 12.6 Å². The van der Waals surface area contributed by atoms with Gasteiger partial charge in [0.2, 0.25) is 0 Å². The lowest BCUT2D eigenvalue weighted by Gasteiger charge is -2.06. The first-order valence-electron chi connectivity index (χ1n) is 3.06. The van der Waals surface area contributed by atoms with Gasteiger partial charge in [-0.15, -0.1) is 0 Å². The molecule has 0 saturated heterocycles. The Morgan fingerprint density at radius 2 is 2.38 bits per heavy atom. The van der Waals surface area contributed by atoms with E-state index in [4.69, 9.17) is 0 Å². The molecule has 1 aliphatic rings. The molecule has 0 aromatic rings. The maximum Gasteiger partial charge on any atom is 0.115 e. The molecular weight excluding hydrogens is 94.9 g/mol. The van der Waals surface area contributed by atoms with Crippen LogP contribution in [0.5, 0.6) is 0 Å². The van der Waals surface area contributed by atoms with E-state index >= 15 is 0 Å². The predicted molar refractivity (Wildman–Crippen MR) is 38.3 cm³/mol. The van der Waals surface area contributed by atoms with Gasteiger partial charge in [-0.3, -0.25) is 0 Å². The van der Waals surface area contributed by atoms with Gasteiger partial charge in [0.15, 0.2) is 0 Å². The highest BCUT2D eigenvalue weighted by Crippen LogP contribution is 2.15.